The molecule has 5 nitrogen and oxygen atoms in total. The predicted molar refractivity (Wildman–Crippen MR) is 72.5 cm³/mol. The molecule has 1 saturated heterocycles. The number of aromatic nitrogens is 4. The Morgan fingerprint density at radius 2 is 2.06 bits per heavy atom. The van der Waals surface area contributed by atoms with E-state index in [1.165, 1.54) is 24.6 Å². The molecule has 1 aliphatic rings. The molecule has 2 aromatic rings. The highest BCUT2D eigenvalue weighted by Gasteiger charge is 2.17. The number of thiazole rings is 1. The van der Waals surface area contributed by atoms with E-state index < -0.39 is 0 Å². The van der Waals surface area contributed by atoms with Crippen molar-refractivity contribution >= 4 is 40.6 Å². The SMILES string of the molecule is Clc1nc(Sc2nccs2)nc(N2CCCC2)n1. The lowest BCUT2D eigenvalue weighted by atomic mass is 10.4. The van der Waals surface area contributed by atoms with E-state index in [0.29, 0.717) is 11.1 Å². The summed E-state index contributed by atoms with van der Waals surface area (Å²) >= 11 is 8.92. The molecule has 1 aliphatic heterocycles. The normalized spacial score (nSPS) is 15.3. The molecule has 0 N–H and O–H groups in total. The molecule has 18 heavy (non-hydrogen) atoms. The molecule has 0 amide bonds. The smallest absolute Gasteiger partial charge is 0.230 e. The Labute approximate surface area is 118 Å². The van der Waals surface area contributed by atoms with Crippen LogP contribution in [0.1, 0.15) is 12.8 Å². The summed E-state index contributed by atoms with van der Waals surface area (Å²) in [7, 11) is 0. The van der Waals surface area contributed by atoms with E-state index in [-0.39, 0.29) is 5.28 Å². The fraction of sp³-hybridized carbons (Fsp3) is 0.400. The van der Waals surface area contributed by atoms with Gasteiger partial charge in [0, 0.05) is 24.7 Å². The molecule has 3 heterocycles. The van der Waals surface area contributed by atoms with Gasteiger partial charge in [0.1, 0.15) is 0 Å². The number of hydrogen-bond acceptors (Lipinski definition) is 7. The Morgan fingerprint density at radius 3 is 2.78 bits per heavy atom. The molecule has 0 spiro atoms. The maximum absolute atomic E-state index is 5.95. The molecule has 0 aromatic carbocycles. The molecule has 0 radical (unpaired) electrons. The van der Waals surface area contributed by atoms with Crippen LogP contribution < -0.4 is 4.90 Å². The van der Waals surface area contributed by atoms with Gasteiger partial charge in [0.2, 0.25) is 16.4 Å². The van der Waals surface area contributed by atoms with Crippen molar-refractivity contribution < 1.29 is 0 Å². The van der Waals surface area contributed by atoms with Crippen LogP contribution >= 0.6 is 34.7 Å². The lowest BCUT2D eigenvalue weighted by molar-refractivity contribution is 0.826. The van der Waals surface area contributed by atoms with Gasteiger partial charge in [-0.15, -0.1) is 11.3 Å². The van der Waals surface area contributed by atoms with Crippen LogP contribution in [-0.4, -0.2) is 33.0 Å². The summed E-state index contributed by atoms with van der Waals surface area (Å²) in [5.74, 6) is 0.673. The first-order valence-corrected chi connectivity index (χ1v) is 7.62. The molecule has 3 rings (SSSR count). The molecular formula is C10H10ClN5S2. The Bertz CT molecular complexity index is 527. The van der Waals surface area contributed by atoms with E-state index in [0.717, 1.165) is 17.4 Å². The van der Waals surface area contributed by atoms with E-state index in [2.05, 4.69) is 24.8 Å². The van der Waals surface area contributed by atoms with Gasteiger partial charge in [0.25, 0.3) is 0 Å². The van der Waals surface area contributed by atoms with Crippen LogP contribution in [0, 0.1) is 0 Å². The van der Waals surface area contributed by atoms with Gasteiger partial charge in [-0.2, -0.15) is 15.0 Å². The maximum Gasteiger partial charge on any atom is 0.230 e. The number of anilines is 1. The van der Waals surface area contributed by atoms with E-state index in [1.54, 1.807) is 17.5 Å². The first-order valence-electron chi connectivity index (χ1n) is 5.55. The van der Waals surface area contributed by atoms with E-state index in [1.807, 2.05) is 5.38 Å². The van der Waals surface area contributed by atoms with Crippen LogP contribution in [0.25, 0.3) is 0 Å². The van der Waals surface area contributed by atoms with Gasteiger partial charge in [0.05, 0.1) is 0 Å². The van der Waals surface area contributed by atoms with Crippen LogP contribution in [0.3, 0.4) is 0 Å². The summed E-state index contributed by atoms with van der Waals surface area (Å²) in [6, 6.07) is 0. The average molecular weight is 300 g/mol. The quantitative estimate of drug-likeness (QED) is 0.868. The highest BCUT2D eigenvalue weighted by molar-refractivity contribution is 8.00. The third-order valence-electron chi connectivity index (χ3n) is 2.55. The zero-order chi connectivity index (χ0) is 12.4. The number of halogens is 1. The molecule has 8 heteroatoms. The van der Waals surface area contributed by atoms with Crippen LogP contribution in [0.4, 0.5) is 5.95 Å². The van der Waals surface area contributed by atoms with Crippen LogP contribution in [-0.2, 0) is 0 Å². The second-order valence-corrected chi connectivity index (χ2v) is 6.23. The lowest BCUT2D eigenvalue weighted by Crippen LogP contribution is -2.21. The van der Waals surface area contributed by atoms with Gasteiger partial charge in [0.15, 0.2) is 4.34 Å². The van der Waals surface area contributed by atoms with Crippen molar-refractivity contribution in [1.82, 2.24) is 19.9 Å². The summed E-state index contributed by atoms with van der Waals surface area (Å²) in [6.45, 7) is 1.98. The van der Waals surface area contributed by atoms with Gasteiger partial charge in [-0.3, -0.25) is 0 Å². The Kier molecular flexibility index (Phi) is 3.62. The summed E-state index contributed by atoms with van der Waals surface area (Å²) in [6.07, 6.45) is 4.12. The summed E-state index contributed by atoms with van der Waals surface area (Å²) in [5, 5.41) is 2.77. The maximum atomic E-state index is 5.95. The zero-order valence-electron chi connectivity index (χ0n) is 9.41. The predicted octanol–water partition coefficient (Wildman–Crippen LogP) is 2.73. The Balaban J connectivity index is 1.85. The van der Waals surface area contributed by atoms with Gasteiger partial charge in [-0.1, -0.05) is 0 Å². The Hall–Kier alpha value is -0.920. The van der Waals surface area contributed by atoms with Crippen molar-refractivity contribution in [1.29, 1.82) is 0 Å². The zero-order valence-corrected chi connectivity index (χ0v) is 11.8. The topological polar surface area (TPSA) is 54.8 Å². The van der Waals surface area contributed by atoms with Crippen molar-refractivity contribution in [3.8, 4) is 0 Å². The average Bonchev–Trinajstić information content (AvgIpc) is 3.00. The minimum Gasteiger partial charge on any atom is -0.341 e. The van der Waals surface area contributed by atoms with Gasteiger partial charge >= 0.3 is 0 Å². The van der Waals surface area contributed by atoms with Crippen molar-refractivity contribution in [3.05, 3.63) is 16.9 Å². The molecule has 94 valence electrons. The second kappa shape index (κ2) is 5.38. The largest absolute Gasteiger partial charge is 0.341 e. The number of nitrogens with zero attached hydrogens (tertiary/aromatic N) is 5. The molecule has 0 bridgehead atoms. The minimum absolute atomic E-state index is 0.242. The molecule has 0 saturated carbocycles. The fourth-order valence-electron chi connectivity index (χ4n) is 1.77. The van der Waals surface area contributed by atoms with Crippen molar-refractivity contribution in [3.63, 3.8) is 0 Å². The highest BCUT2D eigenvalue weighted by atomic mass is 35.5. The van der Waals surface area contributed by atoms with E-state index >= 15 is 0 Å². The van der Waals surface area contributed by atoms with Crippen molar-refractivity contribution in [2.24, 2.45) is 0 Å². The minimum atomic E-state index is 0.242. The van der Waals surface area contributed by atoms with Crippen molar-refractivity contribution in [2.75, 3.05) is 18.0 Å². The fourth-order valence-corrected chi connectivity index (χ4v) is 3.44. The first-order chi connectivity index (χ1) is 8.81. The van der Waals surface area contributed by atoms with Crippen LogP contribution in [0.5, 0.6) is 0 Å². The number of hydrogen-bond donors (Lipinski definition) is 0. The number of rotatable bonds is 3. The monoisotopic (exact) mass is 299 g/mol. The first kappa shape index (κ1) is 12.1. The second-order valence-electron chi connectivity index (χ2n) is 3.78. The van der Waals surface area contributed by atoms with Crippen LogP contribution in [0.2, 0.25) is 5.28 Å². The van der Waals surface area contributed by atoms with E-state index in [9.17, 15) is 0 Å². The third kappa shape index (κ3) is 2.73. The van der Waals surface area contributed by atoms with E-state index in [4.69, 9.17) is 11.6 Å². The van der Waals surface area contributed by atoms with Crippen molar-refractivity contribution in [2.45, 2.75) is 22.3 Å². The summed E-state index contributed by atoms with van der Waals surface area (Å²) in [4.78, 5) is 19.1. The molecular weight excluding hydrogens is 290 g/mol. The van der Waals surface area contributed by atoms with Gasteiger partial charge in [-0.25, -0.2) is 4.98 Å². The highest BCUT2D eigenvalue weighted by Crippen LogP contribution is 2.28. The molecule has 1 fully saturated rings. The van der Waals surface area contributed by atoms with Gasteiger partial charge < -0.3 is 4.90 Å². The molecule has 0 atom stereocenters. The molecule has 0 aliphatic carbocycles. The van der Waals surface area contributed by atoms with Gasteiger partial charge in [-0.05, 0) is 36.2 Å². The third-order valence-corrected chi connectivity index (χ3v) is 4.47. The molecule has 2 aromatic heterocycles. The lowest BCUT2D eigenvalue weighted by Gasteiger charge is -2.14. The van der Waals surface area contributed by atoms with Crippen LogP contribution in [0.15, 0.2) is 21.1 Å². The molecule has 0 unspecified atom stereocenters. The standard InChI is InChI=1S/C10H10ClN5S2/c11-7-13-8(16-4-1-2-5-16)15-9(14-7)18-10-12-3-6-17-10/h3,6H,1-2,4-5H2. The summed E-state index contributed by atoms with van der Waals surface area (Å²) in [5.41, 5.74) is 0. The summed E-state index contributed by atoms with van der Waals surface area (Å²) < 4.78 is 0.907. The Morgan fingerprint density at radius 1 is 1.22 bits per heavy atom.